The fraction of sp³-hybridized carbons (Fsp3) is 0.100. The number of hydrogen-bond acceptors (Lipinski definition) is 5. The highest BCUT2D eigenvalue weighted by atomic mass is 35.5. The van der Waals surface area contributed by atoms with Gasteiger partial charge in [-0.3, -0.25) is 9.59 Å². The van der Waals surface area contributed by atoms with Crippen LogP contribution in [0.15, 0.2) is 48.5 Å². The van der Waals surface area contributed by atoms with Crippen LogP contribution in [0.5, 0.6) is 5.75 Å². The third-order valence-corrected chi connectivity index (χ3v) is 5.97. The Morgan fingerprint density at radius 2 is 1.81 bits per heavy atom. The molecule has 1 atom stereocenters. The minimum absolute atomic E-state index is 0.132. The van der Waals surface area contributed by atoms with E-state index < -0.39 is 0 Å². The largest absolute Gasteiger partial charge is 0.508 e. The molecular formula is C20H15ClN2O3S. The standard InChI is InChI=1S/C20H15ClN2O3S/c21-12-5-1-11(2-6-12)18(26)19-17(22)16-14(9-15(25)23-20(16)27-19)10-3-7-13(24)8-4-10/h1-8,14,24H,9,22H2,(H,23,25)/t14-/m1/s1. The van der Waals surface area contributed by atoms with Gasteiger partial charge in [0.05, 0.1) is 5.69 Å². The van der Waals surface area contributed by atoms with Gasteiger partial charge in [-0.25, -0.2) is 0 Å². The number of halogens is 1. The van der Waals surface area contributed by atoms with Gasteiger partial charge >= 0.3 is 0 Å². The van der Waals surface area contributed by atoms with Gasteiger partial charge in [-0.05, 0) is 42.0 Å². The van der Waals surface area contributed by atoms with Crippen molar-refractivity contribution >= 4 is 45.3 Å². The fourth-order valence-corrected chi connectivity index (χ4v) is 4.54. The zero-order valence-electron chi connectivity index (χ0n) is 14.0. The van der Waals surface area contributed by atoms with Crippen molar-refractivity contribution in [2.75, 3.05) is 11.1 Å². The van der Waals surface area contributed by atoms with E-state index in [9.17, 15) is 14.7 Å². The van der Waals surface area contributed by atoms with Gasteiger partial charge in [0.25, 0.3) is 0 Å². The van der Waals surface area contributed by atoms with Gasteiger partial charge in [0.1, 0.15) is 15.6 Å². The second kappa shape index (κ2) is 6.72. The van der Waals surface area contributed by atoms with Crippen LogP contribution in [0.2, 0.25) is 5.02 Å². The van der Waals surface area contributed by atoms with Crippen LogP contribution in [0.1, 0.15) is 38.7 Å². The Bertz CT molecular complexity index is 1040. The Labute approximate surface area is 164 Å². The number of ketones is 1. The summed E-state index contributed by atoms with van der Waals surface area (Å²) >= 11 is 7.08. The van der Waals surface area contributed by atoms with E-state index in [2.05, 4.69) is 5.32 Å². The number of benzene rings is 2. The minimum atomic E-state index is -0.266. The molecule has 3 aromatic rings. The normalized spacial score (nSPS) is 15.9. The Morgan fingerprint density at radius 1 is 1.15 bits per heavy atom. The molecular weight excluding hydrogens is 384 g/mol. The van der Waals surface area contributed by atoms with E-state index >= 15 is 0 Å². The van der Waals surface area contributed by atoms with Gasteiger partial charge in [-0.1, -0.05) is 23.7 Å². The lowest BCUT2D eigenvalue weighted by Crippen LogP contribution is -2.22. The lowest BCUT2D eigenvalue weighted by atomic mass is 9.86. The molecule has 1 aliphatic heterocycles. The predicted octanol–water partition coefficient (Wildman–Crippen LogP) is 4.39. The van der Waals surface area contributed by atoms with E-state index in [0.717, 1.165) is 11.1 Å². The van der Waals surface area contributed by atoms with Crippen LogP contribution in [0.4, 0.5) is 10.7 Å². The van der Waals surface area contributed by atoms with Crippen molar-refractivity contribution in [3.05, 3.63) is 75.1 Å². The minimum Gasteiger partial charge on any atom is -0.508 e. The third kappa shape index (κ3) is 3.18. The van der Waals surface area contributed by atoms with Crippen LogP contribution in [-0.4, -0.2) is 16.8 Å². The van der Waals surface area contributed by atoms with Gasteiger partial charge in [0.15, 0.2) is 0 Å². The van der Waals surface area contributed by atoms with Crippen LogP contribution in [-0.2, 0) is 4.79 Å². The molecule has 4 N–H and O–H groups in total. The first kappa shape index (κ1) is 17.6. The molecule has 0 aliphatic carbocycles. The van der Waals surface area contributed by atoms with Crippen LogP contribution in [0.3, 0.4) is 0 Å². The molecule has 2 heterocycles. The average molecular weight is 399 g/mol. The molecule has 136 valence electrons. The van der Waals surface area contributed by atoms with Gasteiger partial charge in [0, 0.05) is 28.5 Å². The van der Waals surface area contributed by atoms with Crippen molar-refractivity contribution in [2.45, 2.75) is 12.3 Å². The summed E-state index contributed by atoms with van der Waals surface area (Å²) in [5.74, 6) is -0.455. The van der Waals surface area contributed by atoms with Gasteiger partial charge in [0.2, 0.25) is 11.7 Å². The molecule has 1 amide bonds. The number of nitrogens with one attached hydrogen (secondary N) is 1. The van der Waals surface area contributed by atoms with Crippen LogP contribution >= 0.6 is 22.9 Å². The fourth-order valence-electron chi connectivity index (χ4n) is 3.25. The number of phenolic OH excluding ortho intramolecular Hbond substituents is 1. The molecule has 27 heavy (non-hydrogen) atoms. The summed E-state index contributed by atoms with van der Waals surface area (Å²) < 4.78 is 0. The number of anilines is 2. The number of carbonyl (C=O) groups excluding carboxylic acids is 2. The molecule has 2 aromatic carbocycles. The van der Waals surface area contributed by atoms with E-state index in [1.54, 1.807) is 48.5 Å². The van der Waals surface area contributed by atoms with Gasteiger partial charge < -0.3 is 16.2 Å². The SMILES string of the molecule is Nc1c(C(=O)c2ccc(Cl)cc2)sc2c1[C@@H](c1ccc(O)cc1)CC(=O)N2. The van der Waals surface area contributed by atoms with E-state index in [-0.39, 0.29) is 29.8 Å². The number of rotatable bonds is 3. The maximum absolute atomic E-state index is 12.9. The molecule has 4 rings (SSSR count). The molecule has 1 aromatic heterocycles. The number of nitrogens with two attached hydrogens (primary N) is 1. The van der Waals surface area contributed by atoms with Crippen LogP contribution in [0.25, 0.3) is 0 Å². The number of phenols is 1. The van der Waals surface area contributed by atoms with Crippen molar-refractivity contribution in [3.8, 4) is 5.75 Å². The summed E-state index contributed by atoms with van der Waals surface area (Å²) in [5, 5.41) is 13.5. The number of nitrogen functional groups attached to an aromatic ring is 1. The summed E-state index contributed by atoms with van der Waals surface area (Å²) in [7, 11) is 0. The first-order valence-electron chi connectivity index (χ1n) is 8.25. The van der Waals surface area contributed by atoms with E-state index in [1.807, 2.05) is 0 Å². The first-order chi connectivity index (χ1) is 12.9. The van der Waals surface area contributed by atoms with Gasteiger partial charge in [-0.15, -0.1) is 11.3 Å². The van der Waals surface area contributed by atoms with Crippen molar-refractivity contribution < 1.29 is 14.7 Å². The summed E-state index contributed by atoms with van der Waals surface area (Å²) in [4.78, 5) is 25.5. The van der Waals surface area contributed by atoms with Gasteiger partial charge in [-0.2, -0.15) is 0 Å². The first-order valence-corrected chi connectivity index (χ1v) is 9.44. The molecule has 7 heteroatoms. The second-order valence-electron chi connectivity index (χ2n) is 6.32. The molecule has 0 radical (unpaired) electrons. The Hall–Kier alpha value is -2.83. The number of hydrogen-bond donors (Lipinski definition) is 3. The lowest BCUT2D eigenvalue weighted by molar-refractivity contribution is -0.116. The third-order valence-electron chi connectivity index (χ3n) is 4.58. The highest BCUT2D eigenvalue weighted by molar-refractivity contribution is 7.19. The van der Waals surface area contributed by atoms with E-state index in [4.69, 9.17) is 17.3 Å². The summed E-state index contributed by atoms with van der Waals surface area (Å²) in [6.07, 6.45) is 0.229. The molecule has 0 unspecified atom stereocenters. The molecule has 1 aliphatic rings. The maximum Gasteiger partial charge on any atom is 0.225 e. The lowest BCUT2D eigenvalue weighted by Gasteiger charge is -2.23. The summed E-state index contributed by atoms with van der Waals surface area (Å²) in [6.45, 7) is 0. The number of carbonyl (C=O) groups is 2. The predicted molar refractivity (Wildman–Crippen MR) is 107 cm³/mol. The highest BCUT2D eigenvalue weighted by Gasteiger charge is 2.33. The second-order valence-corrected chi connectivity index (χ2v) is 7.78. The number of thiophene rings is 1. The van der Waals surface area contributed by atoms with Crippen molar-refractivity contribution in [1.29, 1.82) is 0 Å². The Balaban J connectivity index is 1.79. The van der Waals surface area contributed by atoms with Crippen molar-refractivity contribution in [1.82, 2.24) is 0 Å². The topological polar surface area (TPSA) is 92.4 Å². The Morgan fingerprint density at radius 3 is 2.48 bits per heavy atom. The highest BCUT2D eigenvalue weighted by Crippen LogP contribution is 2.47. The molecule has 5 nitrogen and oxygen atoms in total. The average Bonchev–Trinajstić information content (AvgIpc) is 2.98. The zero-order valence-corrected chi connectivity index (χ0v) is 15.6. The number of aromatic hydroxyl groups is 1. The van der Waals surface area contributed by atoms with Crippen molar-refractivity contribution in [2.24, 2.45) is 0 Å². The number of fused-ring (bicyclic) bond motifs is 1. The zero-order chi connectivity index (χ0) is 19.1. The molecule has 0 spiro atoms. The van der Waals surface area contributed by atoms with Crippen molar-refractivity contribution in [3.63, 3.8) is 0 Å². The van der Waals surface area contributed by atoms with Crippen LogP contribution in [0, 0.1) is 0 Å². The molecule has 0 bridgehead atoms. The Kier molecular flexibility index (Phi) is 4.37. The van der Waals surface area contributed by atoms with E-state index in [0.29, 0.717) is 26.2 Å². The molecule has 0 saturated heterocycles. The monoisotopic (exact) mass is 398 g/mol. The quantitative estimate of drug-likeness (QED) is 0.570. The molecule has 0 saturated carbocycles. The number of amides is 1. The maximum atomic E-state index is 12.9. The summed E-state index contributed by atoms with van der Waals surface area (Å²) in [6, 6.07) is 13.3. The van der Waals surface area contributed by atoms with E-state index in [1.165, 1.54) is 11.3 Å². The smallest absolute Gasteiger partial charge is 0.225 e. The molecule has 0 fully saturated rings. The van der Waals surface area contributed by atoms with Crippen LogP contribution < -0.4 is 11.1 Å². The summed E-state index contributed by atoms with van der Waals surface area (Å²) in [5.41, 5.74) is 8.84.